The van der Waals surface area contributed by atoms with E-state index in [0.717, 1.165) is 23.3 Å². The summed E-state index contributed by atoms with van der Waals surface area (Å²) in [6.45, 7) is 7.86. The van der Waals surface area contributed by atoms with E-state index in [2.05, 4.69) is 36.5 Å². The lowest BCUT2D eigenvalue weighted by molar-refractivity contribution is -0.127. The Hall–Kier alpha value is -2.29. The summed E-state index contributed by atoms with van der Waals surface area (Å²) in [4.78, 5) is 12.3. The summed E-state index contributed by atoms with van der Waals surface area (Å²) in [6.07, 6.45) is 0.482. The molecule has 0 aliphatic carbocycles. The fraction of sp³-hybridized carbons (Fsp3) is 0.350. The first-order valence-electron chi connectivity index (χ1n) is 8.12. The van der Waals surface area contributed by atoms with Crippen molar-refractivity contribution in [3.63, 3.8) is 0 Å². The second-order valence-corrected chi connectivity index (χ2v) is 5.85. The Morgan fingerprint density at radius 3 is 2.35 bits per heavy atom. The zero-order chi connectivity index (χ0) is 16.8. The topological polar surface area (TPSA) is 38.3 Å². The number of amides is 1. The van der Waals surface area contributed by atoms with Gasteiger partial charge in [0.15, 0.2) is 6.10 Å². The van der Waals surface area contributed by atoms with Gasteiger partial charge in [-0.1, -0.05) is 49.4 Å². The van der Waals surface area contributed by atoms with Gasteiger partial charge in [0.2, 0.25) is 0 Å². The average molecular weight is 311 g/mol. The van der Waals surface area contributed by atoms with Crippen LogP contribution in [0.15, 0.2) is 48.5 Å². The Balaban J connectivity index is 1.95. The number of benzene rings is 2. The normalized spacial score (nSPS) is 13.2. The van der Waals surface area contributed by atoms with Crippen molar-refractivity contribution in [3.8, 4) is 5.75 Å². The molecule has 0 spiro atoms. The van der Waals surface area contributed by atoms with E-state index >= 15 is 0 Å². The molecule has 2 rings (SSSR count). The molecule has 0 saturated carbocycles. The van der Waals surface area contributed by atoms with E-state index in [1.54, 1.807) is 6.92 Å². The standard InChI is InChI=1S/C20H25NO2/c1-5-17-10-12-18(13-11-17)15(3)21-20(22)16(4)23-19-9-7-6-8-14(19)2/h6-13,15-16H,5H2,1-4H3,(H,21,22)/t15-,16+/m1/s1. The molecule has 0 saturated heterocycles. The zero-order valence-corrected chi connectivity index (χ0v) is 14.3. The lowest BCUT2D eigenvalue weighted by atomic mass is 10.0. The van der Waals surface area contributed by atoms with Crippen LogP contribution in [0.4, 0.5) is 0 Å². The summed E-state index contributed by atoms with van der Waals surface area (Å²) >= 11 is 0. The van der Waals surface area contributed by atoms with Gasteiger partial charge < -0.3 is 10.1 Å². The highest BCUT2D eigenvalue weighted by molar-refractivity contribution is 5.81. The van der Waals surface area contributed by atoms with Crippen molar-refractivity contribution in [3.05, 3.63) is 65.2 Å². The maximum Gasteiger partial charge on any atom is 0.261 e. The second-order valence-electron chi connectivity index (χ2n) is 5.85. The molecule has 0 heterocycles. The molecule has 3 nitrogen and oxygen atoms in total. The minimum atomic E-state index is -0.534. The fourth-order valence-corrected chi connectivity index (χ4v) is 2.39. The molecule has 23 heavy (non-hydrogen) atoms. The SMILES string of the molecule is CCc1ccc([C@@H](C)NC(=O)[C@H](C)Oc2ccccc2C)cc1. The number of nitrogens with one attached hydrogen (secondary N) is 1. The Labute approximate surface area is 138 Å². The molecule has 3 heteroatoms. The lowest BCUT2D eigenvalue weighted by Gasteiger charge is -2.20. The third-order valence-electron chi connectivity index (χ3n) is 4.01. The van der Waals surface area contributed by atoms with Crippen LogP contribution >= 0.6 is 0 Å². The van der Waals surface area contributed by atoms with Crippen LogP contribution < -0.4 is 10.1 Å². The smallest absolute Gasteiger partial charge is 0.261 e. The largest absolute Gasteiger partial charge is 0.481 e. The Kier molecular flexibility index (Phi) is 5.80. The van der Waals surface area contributed by atoms with Crippen LogP contribution in [0.2, 0.25) is 0 Å². The molecule has 2 atom stereocenters. The van der Waals surface area contributed by atoms with Crippen LogP contribution in [0.3, 0.4) is 0 Å². The number of carbonyl (C=O) groups is 1. The van der Waals surface area contributed by atoms with Gasteiger partial charge in [-0.3, -0.25) is 4.79 Å². The summed E-state index contributed by atoms with van der Waals surface area (Å²) < 4.78 is 5.77. The molecule has 2 aromatic carbocycles. The van der Waals surface area contributed by atoms with Crippen LogP contribution in [0.5, 0.6) is 5.75 Å². The molecule has 0 bridgehead atoms. The summed E-state index contributed by atoms with van der Waals surface area (Å²) in [5.74, 6) is 0.635. The molecule has 0 radical (unpaired) electrons. The lowest BCUT2D eigenvalue weighted by Crippen LogP contribution is -2.37. The van der Waals surface area contributed by atoms with Gasteiger partial charge in [0.1, 0.15) is 5.75 Å². The first kappa shape index (κ1) is 17.1. The van der Waals surface area contributed by atoms with Gasteiger partial charge in [0, 0.05) is 0 Å². The van der Waals surface area contributed by atoms with Gasteiger partial charge in [0.25, 0.3) is 5.91 Å². The maximum atomic E-state index is 12.3. The van der Waals surface area contributed by atoms with E-state index in [-0.39, 0.29) is 11.9 Å². The minimum absolute atomic E-state index is 0.0451. The highest BCUT2D eigenvalue weighted by Gasteiger charge is 2.18. The van der Waals surface area contributed by atoms with Gasteiger partial charge >= 0.3 is 0 Å². The number of ether oxygens (including phenoxy) is 1. The van der Waals surface area contributed by atoms with Crippen LogP contribution in [-0.4, -0.2) is 12.0 Å². The van der Waals surface area contributed by atoms with Crippen molar-refractivity contribution in [1.29, 1.82) is 0 Å². The number of rotatable bonds is 6. The van der Waals surface area contributed by atoms with Gasteiger partial charge in [-0.2, -0.15) is 0 Å². The molecular formula is C20H25NO2. The van der Waals surface area contributed by atoms with E-state index in [1.165, 1.54) is 5.56 Å². The Bertz CT molecular complexity index is 649. The summed E-state index contributed by atoms with van der Waals surface area (Å²) in [5, 5.41) is 3.01. The molecule has 1 N–H and O–H groups in total. The molecule has 0 aliphatic rings. The van der Waals surface area contributed by atoms with E-state index in [1.807, 2.05) is 38.1 Å². The number of carbonyl (C=O) groups excluding carboxylic acids is 1. The van der Waals surface area contributed by atoms with Crippen molar-refractivity contribution >= 4 is 5.91 Å². The van der Waals surface area contributed by atoms with Crippen LogP contribution in [0, 0.1) is 6.92 Å². The van der Waals surface area contributed by atoms with Crippen LogP contribution in [-0.2, 0) is 11.2 Å². The monoisotopic (exact) mass is 311 g/mol. The third-order valence-corrected chi connectivity index (χ3v) is 4.01. The molecule has 0 fully saturated rings. The minimum Gasteiger partial charge on any atom is -0.481 e. The number of hydrogen-bond acceptors (Lipinski definition) is 2. The Morgan fingerprint density at radius 1 is 1.09 bits per heavy atom. The highest BCUT2D eigenvalue weighted by Crippen LogP contribution is 2.19. The molecule has 0 unspecified atom stereocenters. The van der Waals surface area contributed by atoms with E-state index in [9.17, 15) is 4.79 Å². The predicted molar refractivity (Wildman–Crippen MR) is 93.6 cm³/mol. The summed E-state index contributed by atoms with van der Waals surface area (Å²) in [7, 11) is 0. The second kappa shape index (κ2) is 7.82. The van der Waals surface area contributed by atoms with Gasteiger partial charge in [-0.05, 0) is 49.9 Å². The highest BCUT2D eigenvalue weighted by atomic mass is 16.5. The quantitative estimate of drug-likeness (QED) is 0.868. The average Bonchev–Trinajstić information content (AvgIpc) is 2.56. The van der Waals surface area contributed by atoms with Crippen molar-refractivity contribution in [2.75, 3.05) is 0 Å². The number of para-hydroxylation sites is 1. The first-order chi connectivity index (χ1) is 11.0. The molecular weight excluding hydrogens is 286 g/mol. The Morgan fingerprint density at radius 2 is 1.74 bits per heavy atom. The van der Waals surface area contributed by atoms with Crippen LogP contribution in [0.25, 0.3) is 0 Å². The maximum absolute atomic E-state index is 12.3. The van der Waals surface area contributed by atoms with Gasteiger partial charge in [-0.15, -0.1) is 0 Å². The molecule has 1 amide bonds. The molecule has 0 aliphatic heterocycles. The first-order valence-corrected chi connectivity index (χ1v) is 8.12. The summed E-state index contributed by atoms with van der Waals surface area (Å²) in [5.41, 5.74) is 3.41. The molecule has 2 aromatic rings. The van der Waals surface area contributed by atoms with Gasteiger partial charge in [-0.25, -0.2) is 0 Å². The number of hydrogen-bond donors (Lipinski definition) is 1. The molecule has 0 aromatic heterocycles. The van der Waals surface area contributed by atoms with Crippen LogP contribution in [0.1, 0.15) is 43.5 Å². The predicted octanol–water partition coefficient (Wildman–Crippen LogP) is 4.20. The summed E-state index contributed by atoms with van der Waals surface area (Å²) in [6, 6.07) is 16.0. The third kappa shape index (κ3) is 4.59. The number of aryl methyl sites for hydroxylation is 2. The van der Waals surface area contributed by atoms with Crippen molar-refractivity contribution < 1.29 is 9.53 Å². The van der Waals surface area contributed by atoms with Crippen molar-refractivity contribution in [1.82, 2.24) is 5.32 Å². The fourth-order valence-electron chi connectivity index (χ4n) is 2.39. The van der Waals surface area contributed by atoms with E-state index in [0.29, 0.717) is 0 Å². The van der Waals surface area contributed by atoms with Gasteiger partial charge in [0.05, 0.1) is 6.04 Å². The molecule has 122 valence electrons. The van der Waals surface area contributed by atoms with E-state index in [4.69, 9.17) is 4.74 Å². The van der Waals surface area contributed by atoms with E-state index < -0.39 is 6.10 Å². The van der Waals surface area contributed by atoms with Crippen molar-refractivity contribution in [2.45, 2.75) is 46.3 Å². The van der Waals surface area contributed by atoms with Crippen molar-refractivity contribution in [2.24, 2.45) is 0 Å². The zero-order valence-electron chi connectivity index (χ0n) is 14.3.